The van der Waals surface area contributed by atoms with Gasteiger partial charge in [0.15, 0.2) is 11.3 Å². The number of aromatic nitrogens is 5. The van der Waals surface area contributed by atoms with Crippen molar-refractivity contribution in [2.45, 2.75) is 26.3 Å². The van der Waals surface area contributed by atoms with Crippen LogP contribution in [0, 0.1) is 0 Å². The maximum absolute atomic E-state index is 13.4. The molecular formula is C22H17Cl2N5O. The summed E-state index contributed by atoms with van der Waals surface area (Å²) in [6, 6.07) is 12.9. The first kappa shape index (κ1) is 19.0. The third kappa shape index (κ3) is 2.79. The van der Waals surface area contributed by atoms with Crippen LogP contribution in [0.1, 0.15) is 26.3 Å². The summed E-state index contributed by atoms with van der Waals surface area (Å²) in [6.45, 7) is 4.03. The Bertz CT molecular complexity index is 1510. The second-order valence-corrected chi connectivity index (χ2v) is 8.05. The maximum Gasteiger partial charge on any atom is 0.265 e. The zero-order chi connectivity index (χ0) is 21.0. The molecule has 0 aliphatic carbocycles. The van der Waals surface area contributed by atoms with E-state index in [-0.39, 0.29) is 11.6 Å². The third-order valence-electron chi connectivity index (χ3n) is 5.42. The van der Waals surface area contributed by atoms with Gasteiger partial charge in [-0.3, -0.25) is 13.9 Å². The van der Waals surface area contributed by atoms with Crippen LogP contribution < -0.4 is 5.56 Å². The van der Waals surface area contributed by atoms with Gasteiger partial charge in [-0.1, -0.05) is 42.3 Å². The fraction of sp³-hybridized carbons (Fsp3) is 0.182. The van der Waals surface area contributed by atoms with Gasteiger partial charge in [-0.25, -0.2) is 15.0 Å². The van der Waals surface area contributed by atoms with E-state index < -0.39 is 0 Å². The van der Waals surface area contributed by atoms with E-state index in [0.717, 1.165) is 17.5 Å². The van der Waals surface area contributed by atoms with Crippen molar-refractivity contribution in [3.8, 4) is 5.69 Å². The number of hydrogen-bond donors (Lipinski definition) is 0. The topological polar surface area (TPSA) is 65.6 Å². The summed E-state index contributed by atoms with van der Waals surface area (Å²) >= 11 is 12.4. The molecule has 0 aliphatic heterocycles. The molecule has 0 fully saturated rings. The van der Waals surface area contributed by atoms with Crippen LogP contribution in [-0.4, -0.2) is 24.1 Å². The summed E-state index contributed by atoms with van der Waals surface area (Å²) in [7, 11) is 0. The monoisotopic (exact) mass is 437 g/mol. The van der Waals surface area contributed by atoms with E-state index in [1.165, 1.54) is 0 Å². The number of halogens is 2. The average Bonchev–Trinajstić information content (AvgIpc) is 3.07. The molecule has 8 heteroatoms. The number of hydrogen-bond acceptors (Lipinski definition) is 4. The molecule has 3 heterocycles. The highest BCUT2D eigenvalue weighted by Gasteiger charge is 2.22. The summed E-state index contributed by atoms with van der Waals surface area (Å²) in [5.74, 6) is 0. The van der Waals surface area contributed by atoms with Crippen molar-refractivity contribution in [3.63, 3.8) is 0 Å². The third-order valence-corrected chi connectivity index (χ3v) is 6.16. The lowest BCUT2D eigenvalue weighted by molar-refractivity contribution is 0.510. The maximum atomic E-state index is 13.4. The Balaban J connectivity index is 1.98. The molecule has 0 aliphatic rings. The van der Waals surface area contributed by atoms with Gasteiger partial charge in [0, 0.05) is 6.04 Å². The normalized spacial score (nSPS) is 12.8. The minimum atomic E-state index is -0.136. The van der Waals surface area contributed by atoms with Gasteiger partial charge in [-0.05, 0) is 43.7 Å². The number of benzene rings is 2. The van der Waals surface area contributed by atoms with E-state index in [4.69, 9.17) is 33.2 Å². The first-order chi connectivity index (χ1) is 14.5. The Morgan fingerprint density at radius 1 is 1.00 bits per heavy atom. The van der Waals surface area contributed by atoms with E-state index in [1.807, 2.05) is 48.7 Å². The molecule has 2 aromatic carbocycles. The lowest BCUT2D eigenvalue weighted by atomic mass is 10.2. The van der Waals surface area contributed by atoms with Gasteiger partial charge in [-0.15, -0.1) is 0 Å². The predicted molar refractivity (Wildman–Crippen MR) is 121 cm³/mol. The highest BCUT2D eigenvalue weighted by atomic mass is 35.5. The number of fused-ring (bicyclic) bond motifs is 4. The lowest BCUT2D eigenvalue weighted by Gasteiger charge is -2.12. The predicted octanol–water partition coefficient (Wildman–Crippen LogP) is 5.56. The largest absolute Gasteiger partial charge is 0.296 e. The summed E-state index contributed by atoms with van der Waals surface area (Å²) < 4.78 is 3.46. The molecule has 30 heavy (non-hydrogen) atoms. The fourth-order valence-corrected chi connectivity index (χ4v) is 3.92. The Morgan fingerprint density at radius 2 is 1.73 bits per heavy atom. The molecule has 6 nitrogen and oxygen atoms in total. The molecule has 5 rings (SSSR count). The van der Waals surface area contributed by atoms with E-state index in [0.29, 0.717) is 37.9 Å². The summed E-state index contributed by atoms with van der Waals surface area (Å²) in [4.78, 5) is 27.7. The Labute approximate surface area is 181 Å². The van der Waals surface area contributed by atoms with Crippen molar-refractivity contribution in [1.29, 1.82) is 0 Å². The van der Waals surface area contributed by atoms with Crippen molar-refractivity contribution in [1.82, 2.24) is 24.1 Å². The minimum absolute atomic E-state index is 0.0196. The van der Waals surface area contributed by atoms with Crippen molar-refractivity contribution >= 4 is 56.4 Å². The SMILES string of the molecule is CC[C@H](C)n1cnc2c(c1=O)c1nc3ccccc3nc1n2-c1ccc(Cl)c(Cl)c1. The van der Waals surface area contributed by atoms with E-state index in [9.17, 15) is 4.79 Å². The molecule has 5 aromatic rings. The minimum Gasteiger partial charge on any atom is -0.296 e. The van der Waals surface area contributed by atoms with Crippen molar-refractivity contribution in [2.75, 3.05) is 0 Å². The van der Waals surface area contributed by atoms with Crippen molar-refractivity contribution in [3.05, 3.63) is 69.2 Å². The zero-order valence-corrected chi connectivity index (χ0v) is 17.8. The van der Waals surface area contributed by atoms with Crippen LogP contribution >= 0.6 is 23.2 Å². The molecule has 3 aromatic heterocycles. The van der Waals surface area contributed by atoms with Crippen LogP contribution in [0.25, 0.3) is 38.9 Å². The van der Waals surface area contributed by atoms with Gasteiger partial charge in [0.25, 0.3) is 5.56 Å². The van der Waals surface area contributed by atoms with E-state index in [2.05, 4.69) is 4.98 Å². The summed E-state index contributed by atoms with van der Waals surface area (Å²) in [5, 5.41) is 1.30. The second kappa shape index (κ2) is 7.07. The molecule has 0 N–H and O–H groups in total. The number of rotatable bonds is 3. The molecule has 0 spiro atoms. The Morgan fingerprint density at radius 3 is 2.43 bits per heavy atom. The molecule has 0 saturated heterocycles. The molecule has 0 amide bonds. The van der Waals surface area contributed by atoms with Crippen molar-refractivity contribution < 1.29 is 0 Å². The van der Waals surface area contributed by atoms with Gasteiger partial charge >= 0.3 is 0 Å². The van der Waals surface area contributed by atoms with Crippen LogP contribution in [0.4, 0.5) is 0 Å². The summed E-state index contributed by atoms with van der Waals surface area (Å²) in [6.07, 6.45) is 2.40. The quantitative estimate of drug-likeness (QED) is 0.370. The first-order valence-electron chi connectivity index (χ1n) is 9.63. The number of nitrogens with zero attached hydrogens (tertiary/aromatic N) is 5. The molecule has 0 bridgehead atoms. The van der Waals surface area contributed by atoms with Gasteiger partial charge in [0.2, 0.25) is 0 Å². The van der Waals surface area contributed by atoms with Crippen LogP contribution in [-0.2, 0) is 0 Å². The highest BCUT2D eigenvalue weighted by Crippen LogP contribution is 2.31. The van der Waals surface area contributed by atoms with Crippen LogP contribution in [0.3, 0.4) is 0 Å². The van der Waals surface area contributed by atoms with Gasteiger partial charge in [0.1, 0.15) is 17.2 Å². The Kier molecular flexibility index (Phi) is 4.49. The zero-order valence-electron chi connectivity index (χ0n) is 16.3. The van der Waals surface area contributed by atoms with Crippen molar-refractivity contribution in [2.24, 2.45) is 0 Å². The number of para-hydroxylation sites is 2. The van der Waals surface area contributed by atoms with Gasteiger partial charge in [0.05, 0.1) is 26.8 Å². The molecule has 0 saturated carbocycles. The average molecular weight is 438 g/mol. The van der Waals surface area contributed by atoms with Crippen LogP contribution in [0.5, 0.6) is 0 Å². The fourth-order valence-electron chi connectivity index (χ4n) is 3.63. The first-order valence-corrected chi connectivity index (χ1v) is 10.4. The molecular weight excluding hydrogens is 421 g/mol. The van der Waals surface area contributed by atoms with E-state index >= 15 is 0 Å². The van der Waals surface area contributed by atoms with Crippen LogP contribution in [0.2, 0.25) is 10.0 Å². The van der Waals surface area contributed by atoms with E-state index in [1.54, 1.807) is 23.0 Å². The lowest BCUT2D eigenvalue weighted by Crippen LogP contribution is -2.23. The second-order valence-electron chi connectivity index (χ2n) is 7.23. The molecule has 0 radical (unpaired) electrons. The molecule has 1 atom stereocenters. The highest BCUT2D eigenvalue weighted by molar-refractivity contribution is 6.42. The van der Waals surface area contributed by atoms with Gasteiger partial charge in [-0.2, -0.15) is 0 Å². The van der Waals surface area contributed by atoms with Gasteiger partial charge < -0.3 is 0 Å². The Hall–Kier alpha value is -2.96. The standard InChI is InChI=1S/C22H17Cl2N5O/c1-3-12(2)28-11-25-20-18(22(28)30)19-21(27-17-7-5-4-6-16(17)26-19)29(20)13-8-9-14(23)15(24)10-13/h4-12H,3H2,1-2H3/t12-/m0/s1. The molecule has 0 unspecified atom stereocenters. The molecule has 150 valence electrons. The summed E-state index contributed by atoms with van der Waals surface area (Å²) in [5.41, 5.74) is 3.58. The smallest absolute Gasteiger partial charge is 0.265 e. The van der Waals surface area contributed by atoms with Crippen LogP contribution in [0.15, 0.2) is 53.6 Å².